The van der Waals surface area contributed by atoms with Crippen LogP contribution in [0.15, 0.2) is 57.8 Å². The van der Waals surface area contributed by atoms with Gasteiger partial charge in [0.15, 0.2) is 5.84 Å². The molecule has 0 bridgehead atoms. The number of nitrogens with zero attached hydrogens (tertiary/aromatic N) is 3. The third kappa shape index (κ3) is 4.22. The van der Waals surface area contributed by atoms with Gasteiger partial charge in [-0.3, -0.25) is 14.9 Å². The summed E-state index contributed by atoms with van der Waals surface area (Å²) < 4.78 is 28.6. The number of rotatable bonds is 6. The Labute approximate surface area is 179 Å². The summed E-state index contributed by atoms with van der Waals surface area (Å²) in [6, 6.07) is 12.2. The van der Waals surface area contributed by atoms with Crippen LogP contribution in [0.2, 0.25) is 0 Å². The van der Waals surface area contributed by atoms with Crippen molar-refractivity contribution in [3.8, 4) is 0 Å². The highest BCUT2D eigenvalue weighted by Crippen LogP contribution is 2.31. The van der Waals surface area contributed by atoms with Gasteiger partial charge in [0.05, 0.1) is 4.92 Å². The van der Waals surface area contributed by atoms with Gasteiger partial charge in [0.25, 0.3) is 15.7 Å². The molecular formula is C20H21N5O5S. The molecule has 2 heterocycles. The third-order valence-electron chi connectivity index (χ3n) is 5.27. The van der Waals surface area contributed by atoms with Crippen LogP contribution >= 0.6 is 0 Å². The van der Waals surface area contributed by atoms with E-state index < -0.39 is 21.0 Å². The summed E-state index contributed by atoms with van der Waals surface area (Å²) in [7, 11) is -3.74. The fourth-order valence-electron chi connectivity index (χ4n) is 3.80. The highest BCUT2D eigenvalue weighted by atomic mass is 32.2. The second-order valence-electron chi connectivity index (χ2n) is 7.26. The monoisotopic (exact) mass is 443 g/mol. The molecule has 1 fully saturated rings. The zero-order valence-electron chi connectivity index (χ0n) is 16.5. The van der Waals surface area contributed by atoms with E-state index in [-0.39, 0.29) is 16.5 Å². The van der Waals surface area contributed by atoms with E-state index >= 15 is 0 Å². The Balaban J connectivity index is 1.35. The van der Waals surface area contributed by atoms with E-state index in [1.165, 1.54) is 18.2 Å². The predicted octanol–water partition coefficient (Wildman–Crippen LogP) is 1.74. The maximum Gasteiger partial charge on any atom is 0.285 e. The van der Waals surface area contributed by atoms with Crippen molar-refractivity contribution in [3.05, 3.63) is 64.2 Å². The molecule has 31 heavy (non-hydrogen) atoms. The summed E-state index contributed by atoms with van der Waals surface area (Å²) in [5, 5.41) is 16.7. The van der Waals surface area contributed by atoms with Crippen molar-refractivity contribution in [2.45, 2.75) is 23.8 Å². The van der Waals surface area contributed by atoms with E-state index in [0.717, 1.165) is 6.42 Å². The number of sulfonamides is 1. The number of likely N-dealkylation sites (tertiary alicyclic amines) is 1. The zero-order valence-corrected chi connectivity index (χ0v) is 17.3. The van der Waals surface area contributed by atoms with Crippen LogP contribution in [0.4, 0.5) is 11.4 Å². The lowest BCUT2D eigenvalue weighted by Gasteiger charge is -2.25. The number of amides is 1. The number of carbonyl (C=O) groups excluding carboxylic acids is 1. The minimum Gasteiger partial charge on any atom is -0.383 e. The number of nitro groups is 1. The Bertz CT molecular complexity index is 1150. The molecule has 1 amide bonds. The molecule has 2 aliphatic rings. The number of amidine groups is 1. The van der Waals surface area contributed by atoms with Crippen LogP contribution in [0.25, 0.3) is 0 Å². The second-order valence-corrected chi connectivity index (χ2v) is 8.83. The van der Waals surface area contributed by atoms with Gasteiger partial charge in [-0.2, -0.15) is 8.42 Å². The van der Waals surface area contributed by atoms with Gasteiger partial charge in [0.1, 0.15) is 10.9 Å². The molecule has 0 unspecified atom stereocenters. The molecule has 0 spiro atoms. The Hall–Kier alpha value is -3.47. The fourth-order valence-corrected chi connectivity index (χ4v) is 5.02. The van der Waals surface area contributed by atoms with Crippen LogP contribution in [-0.2, 0) is 14.8 Å². The lowest BCUT2D eigenvalue weighted by Crippen LogP contribution is -2.46. The summed E-state index contributed by atoms with van der Waals surface area (Å²) >= 11 is 0. The highest BCUT2D eigenvalue weighted by molar-refractivity contribution is 7.90. The number of carbonyl (C=O) groups is 1. The molecule has 162 valence electrons. The van der Waals surface area contributed by atoms with Crippen LogP contribution in [0, 0.1) is 10.1 Å². The van der Waals surface area contributed by atoms with Crippen molar-refractivity contribution in [2.24, 2.45) is 4.40 Å². The summed E-state index contributed by atoms with van der Waals surface area (Å²) in [4.78, 5) is 24.9. The Morgan fingerprint density at radius 3 is 2.65 bits per heavy atom. The van der Waals surface area contributed by atoms with Crippen LogP contribution in [-0.4, -0.2) is 55.7 Å². The average molecular weight is 443 g/mol. The first kappa shape index (κ1) is 20.8. The molecule has 4 rings (SSSR count). The molecule has 0 aromatic heterocycles. The van der Waals surface area contributed by atoms with E-state index in [9.17, 15) is 23.3 Å². The molecule has 2 aromatic rings. The maximum absolute atomic E-state index is 12.8. The number of non-ortho nitro benzene ring substituents is 1. The number of nitrogens with one attached hydrogen (secondary N) is 2. The molecule has 1 saturated heterocycles. The molecular weight excluding hydrogens is 422 g/mol. The van der Waals surface area contributed by atoms with Gasteiger partial charge in [-0.15, -0.1) is 4.40 Å². The van der Waals surface area contributed by atoms with Gasteiger partial charge in [-0.25, -0.2) is 0 Å². The Morgan fingerprint density at radius 1 is 1.16 bits per heavy atom. The van der Waals surface area contributed by atoms with E-state index in [1.54, 1.807) is 35.2 Å². The Kier molecular flexibility index (Phi) is 5.59. The van der Waals surface area contributed by atoms with Crippen molar-refractivity contribution in [1.82, 2.24) is 10.2 Å². The second kappa shape index (κ2) is 8.34. The molecule has 0 aliphatic carbocycles. The largest absolute Gasteiger partial charge is 0.383 e. The van der Waals surface area contributed by atoms with E-state index in [2.05, 4.69) is 15.0 Å². The minimum atomic E-state index is -3.74. The standard InChI is InChI=1S/C20H21N5O5S/c26-20(22-12-11-21-14-7-9-15(10-8-14)25(27)28)17-5-3-13-24(17)19-16-4-1-2-6-18(16)31(29,30)23-19/h1-2,4,6-10,17,21H,3,5,11-13H2,(H,22,26)/t17-/m0/s1. The molecule has 0 radical (unpaired) electrons. The molecule has 2 aromatic carbocycles. The van der Waals surface area contributed by atoms with Crippen LogP contribution in [0.3, 0.4) is 0 Å². The fraction of sp³-hybridized carbons (Fsp3) is 0.300. The van der Waals surface area contributed by atoms with Crippen molar-refractivity contribution in [3.63, 3.8) is 0 Å². The van der Waals surface area contributed by atoms with E-state index in [0.29, 0.717) is 43.1 Å². The predicted molar refractivity (Wildman–Crippen MR) is 114 cm³/mol. The van der Waals surface area contributed by atoms with Crippen LogP contribution in [0.5, 0.6) is 0 Å². The molecule has 2 N–H and O–H groups in total. The zero-order chi connectivity index (χ0) is 22.0. The van der Waals surface area contributed by atoms with Crippen LogP contribution in [0.1, 0.15) is 18.4 Å². The first-order chi connectivity index (χ1) is 14.9. The van der Waals surface area contributed by atoms with Crippen LogP contribution < -0.4 is 10.6 Å². The molecule has 0 saturated carbocycles. The maximum atomic E-state index is 12.8. The lowest BCUT2D eigenvalue weighted by atomic mass is 10.1. The number of fused-ring (bicyclic) bond motifs is 1. The lowest BCUT2D eigenvalue weighted by molar-refractivity contribution is -0.384. The topological polar surface area (TPSA) is 134 Å². The molecule has 2 aliphatic heterocycles. The number of benzene rings is 2. The quantitative estimate of drug-likeness (QED) is 0.394. The SMILES string of the molecule is O=C(NCCNc1ccc([N+](=O)[O-])cc1)[C@@H]1CCCN1C1=NS(=O)(=O)c2ccccc21. The molecule has 1 atom stereocenters. The van der Waals surface area contributed by atoms with E-state index in [4.69, 9.17) is 0 Å². The van der Waals surface area contributed by atoms with Gasteiger partial charge >= 0.3 is 0 Å². The molecule has 10 nitrogen and oxygen atoms in total. The summed E-state index contributed by atoms with van der Waals surface area (Å²) in [6.45, 7) is 1.35. The van der Waals surface area contributed by atoms with Crippen molar-refractivity contribution < 1.29 is 18.1 Å². The highest BCUT2D eigenvalue weighted by Gasteiger charge is 2.39. The van der Waals surface area contributed by atoms with Gasteiger partial charge in [-0.05, 0) is 37.1 Å². The number of hydrogen-bond acceptors (Lipinski definition) is 7. The van der Waals surface area contributed by atoms with Gasteiger partial charge in [0.2, 0.25) is 5.91 Å². The molecule has 11 heteroatoms. The van der Waals surface area contributed by atoms with E-state index in [1.807, 2.05) is 0 Å². The summed E-state index contributed by atoms with van der Waals surface area (Å²) in [5.41, 5.74) is 1.25. The first-order valence-corrected chi connectivity index (χ1v) is 11.3. The number of hydrogen-bond donors (Lipinski definition) is 2. The first-order valence-electron chi connectivity index (χ1n) is 9.84. The van der Waals surface area contributed by atoms with Crippen molar-refractivity contribution in [1.29, 1.82) is 0 Å². The van der Waals surface area contributed by atoms with Gasteiger partial charge in [-0.1, -0.05) is 12.1 Å². The number of anilines is 1. The smallest absolute Gasteiger partial charge is 0.285 e. The van der Waals surface area contributed by atoms with Crippen molar-refractivity contribution in [2.75, 3.05) is 25.0 Å². The Morgan fingerprint density at radius 2 is 1.90 bits per heavy atom. The summed E-state index contributed by atoms with van der Waals surface area (Å²) in [6.07, 6.45) is 1.38. The van der Waals surface area contributed by atoms with Gasteiger partial charge in [0, 0.05) is 43.0 Å². The summed E-state index contributed by atoms with van der Waals surface area (Å²) in [5.74, 6) is 0.143. The minimum absolute atomic E-state index is 0.0126. The number of nitro benzene ring substituents is 1. The normalized spacial score (nSPS) is 18.9. The van der Waals surface area contributed by atoms with Crippen molar-refractivity contribution >= 4 is 33.1 Å². The average Bonchev–Trinajstić information content (AvgIpc) is 3.34. The third-order valence-corrected chi connectivity index (χ3v) is 6.60. The van der Waals surface area contributed by atoms with Gasteiger partial charge < -0.3 is 15.5 Å².